The zero-order valence-electron chi connectivity index (χ0n) is 21.7. The average molecular weight is 534 g/mol. The lowest BCUT2D eigenvalue weighted by Crippen LogP contribution is -2.38. The Balaban J connectivity index is 1.49. The number of hydrogen-bond acceptors (Lipinski definition) is 8. The topological polar surface area (TPSA) is 89.5 Å². The number of amides is 1. The van der Waals surface area contributed by atoms with Crippen molar-refractivity contribution < 1.29 is 23.8 Å². The van der Waals surface area contributed by atoms with Gasteiger partial charge < -0.3 is 24.4 Å². The molecular weight excluding hydrogens is 502 g/mol. The molecule has 5 rings (SSSR count). The Bertz CT molecular complexity index is 1320. The van der Waals surface area contributed by atoms with Gasteiger partial charge in [0, 0.05) is 23.9 Å². The number of aliphatic imine (C=N–C) groups is 1. The van der Waals surface area contributed by atoms with E-state index in [9.17, 15) is 9.59 Å². The number of methoxy groups -OCH3 is 2. The molecule has 1 N–H and O–H groups in total. The lowest BCUT2D eigenvalue weighted by atomic mass is 9.93. The number of benzene rings is 2. The van der Waals surface area contributed by atoms with Gasteiger partial charge in [-0.1, -0.05) is 42.1 Å². The number of ether oxygens (including phenoxy) is 3. The number of fused-ring (bicyclic) bond motifs is 1. The van der Waals surface area contributed by atoms with Crippen molar-refractivity contribution in [2.45, 2.75) is 38.8 Å². The van der Waals surface area contributed by atoms with Gasteiger partial charge in [-0.05, 0) is 48.8 Å². The van der Waals surface area contributed by atoms with Crippen molar-refractivity contribution in [2.75, 3.05) is 20.8 Å². The lowest BCUT2D eigenvalue weighted by molar-refractivity contribution is -0.141. The quantitative estimate of drug-likeness (QED) is 0.433. The van der Waals surface area contributed by atoms with E-state index in [1.54, 1.807) is 20.3 Å². The van der Waals surface area contributed by atoms with Crippen LogP contribution in [0.1, 0.15) is 43.4 Å². The SMILES string of the molecule is COc1ccc([C@@H]2C(C(=O)OCc3ccccc3)=C(C)N=C3SC=C(CC(=O)NCC4CC4)N32)c(OC)c1. The highest BCUT2D eigenvalue weighted by atomic mass is 32.2. The Labute approximate surface area is 226 Å². The number of esters is 1. The first kappa shape index (κ1) is 25.9. The van der Waals surface area contributed by atoms with Crippen molar-refractivity contribution in [3.05, 3.63) is 82.0 Å². The van der Waals surface area contributed by atoms with Crippen LogP contribution in [0.4, 0.5) is 0 Å². The van der Waals surface area contributed by atoms with Crippen molar-refractivity contribution in [2.24, 2.45) is 10.9 Å². The third kappa shape index (κ3) is 5.57. The molecule has 1 saturated carbocycles. The number of rotatable bonds is 10. The summed E-state index contributed by atoms with van der Waals surface area (Å²) in [5, 5.41) is 5.68. The average Bonchev–Trinajstić information content (AvgIpc) is 3.70. The van der Waals surface area contributed by atoms with E-state index in [-0.39, 0.29) is 18.9 Å². The second-order valence-electron chi connectivity index (χ2n) is 9.49. The summed E-state index contributed by atoms with van der Waals surface area (Å²) in [6, 6.07) is 14.5. The van der Waals surface area contributed by atoms with Gasteiger partial charge in [-0.3, -0.25) is 4.79 Å². The zero-order chi connectivity index (χ0) is 26.6. The van der Waals surface area contributed by atoms with E-state index >= 15 is 0 Å². The van der Waals surface area contributed by atoms with Crippen LogP contribution >= 0.6 is 11.8 Å². The maximum atomic E-state index is 13.6. The number of hydrogen-bond donors (Lipinski definition) is 1. The predicted molar refractivity (Wildman–Crippen MR) is 147 cm³/mol. The molecule has 0 spiro atoms. The molecule has 0 radical (unpaired) electrons. The Morgan fingerprint density at radius 1 is 1.11 bits per heavy atom. The third-order valence-corrected chi connectivity index (χ3v) is 7.68. The molecule has 0 bridgehead atoms. The van der Waals surface area contributed by atoms with Gasteiger partial charge >= 0.3 is 5.97 Å². The Morgan fingerprint density at radius 2 is 1.89 bits per heavy atom. The van der Waals surface area contributed by atoms with Crippen LogP contribution in [0.5, 0.6) is 11.5 Å². The Morgan fingerprint density at radius 3 is 2.61 bits per heavy atom. The number of amidine groups is 1. The van der Waals surface area contributed by atoms with Crippen molar-refractivity contribution >= 4 is 28.8 Å². The molecule has 0 saturated heterocycles. The maximum absolute atomic E-state index is 13.6. The molecule has 0 aromatic heterocycles. The molecule has 2 heterocycles. The van der Waals surface area contributed by atoms with Gasteiger partial charge in [0.1, 0.15) is 18.1 Å². The number of allylic oxidation sites excluding steroid dienone is 1. The minimum absolute atomic E-state index is 0.0510. The molecule has 1 fully saturated rings. The minimum Gasteiger partial charge on any atom is -0.497 e. The van der Waals surface area contributed by atoms with E-state index in [2.05, 4.69) is 5.32 Å². The summed E-state index contributed by atoms with van der Waals surface area (Å²) in [4.78, 5) is 33.2. The van der Waals surface area contributed by atoms with Crippen LogP contribution in [0.15, 0.2) is 75.9 Å². The van der Waals surface area contributed by atoms with E-state index in [1.807, 2.05) is 59.7 Å². The monoisotopic (exact) mass is 533 g/mol. The summed E-state index contributed by atoms with van der Waals surface area (Å²) in [5.74, 6) is 1.27. The van der Waals surface area contributed by atoms with Crippen molar-refractivity contribution in [1.29, 1.82) is 0 Å². The smallest absolute Gasteiger partial charge is 0.338 e. The van der Waals surface area contributed by atoms with Crippen LogP contribution in [0, 0.1) is 5.92 Å². The molecule has 9 heteroatoms. The summed E-state index contributed by atoms with van der Waals surface area (Å²) in [5.41, 5.74) is 3.38. The summed E-state index contributed by atoms with van der Waals surface area (Å²) in [6.45, 7) is 2.65. The fraction of sp³-hybridized carbons (Fsp3) is 0.345. The van der Waals surface area contributed by atoms with E-state index in [0.29, 0.717) is 40.4 Å². The maximum Gasteiger partial charge on any atom is 0.338 e. The summed E-state index contributed by atoms with van der Waals surface area (Å²) < 4.78 is 16.9. The molecule has 0 unspecified atom stereocenters. The molecule has 2 aromatic rings. The van der Waals surface area contributed by atoms with Gasteiger partial charge in [0.05, 0.1) is 38.0 Å². The second kappa shape index (κ2) is 11.3. The summed E-state index contributed by atoms with van der Waals surface area (Å²) >= 11 is 1.44. The van der Waals surface area contributed by atoms with Gasteiger partial charge in [-0.15, -0.1) is 0 Å². The van der Waals surface area contributed by atoms with Crippen LogP contribution in [-0.2, 0) is 20.9 Å². The molecule has 198 valence electrons. The highest BCUT2D eigenvalue weighted by Crippen LogP contribution is 2.47. The fourth-order valence-corrected chi connectivity index (χ4v) is 5.54. The van der Waals surface area contributed by atoms with E-state index in [4.69, 9.17) is 19.2 Å². The summed E-state index contributed by atoms with van der Waals surface area (Å²) in [7, 11) is 3.18. The van der Waals surface area contributed by atoms with Crippen molar-refractivity contribution in [3.8, 4) is 11.5 Å². The number of thioether (sulfide) groups is 1. The largest absolute Gasteiger partial charge is 0.497 e. The van der Waals surface area contributed by atoms with Crippen LogP contribution in [0.3, 0.4) is 0 Å². The standard InChI is InChI=1S/C29H31N3O5S/c1-18-26(28(34)37-16-20-7-5-4-6-8-20)27(23-12-11-22(35-2)14-24(23)36-3)32-21(17-38-29(32)31-18)13-25(33)30-15-19-9-10-19/h4-8,11-12,14,17,19,27H,9-10,13,15-16H2,1-3H3,(H,30,33)/t27-/m1/s1. The van der Waals surface area contributed by atoms with Gasteiger partial charge in [0.15, 0.2) is 5.17 Å². The predicted octanol–water partition coefficient (Wildman–Crippen LogP) is 4.94. The normalized spacial score (nSPS) is 18.4. The molecule has 38 heavy (non-hydrogen) atoms. The molecule has 8 nitrogen and oxygen atoms in total. The van der Waals surface area contributed by atoms with Crippen LogP contribution in [0.2, 0.25) is 0 Å². The highest BCUT2D eigenvalue weighted by Gasteiger charge is 2.42. The first-order valence-electron chi connectivity index (χ1n) is 12.6. The van der Waals surface area contributed by atoms with Crippen LogP contribution in [0.25, 0.3) is 0 Å². The fourth-order valence-electron chi connectivity index (χ4n) is 4.58. The molecule has 2 aromatic carbocycles. The number of carbonyl (C=O) groups is 2. The molecule has 1 aliphatic carbocycles. The van der Waals surface area contributed by atoms with Crippen molar-refractivity contribution in [3.63, 3.8) is 0 Å². The van der Waals surface area contributed by atoms with Gasteiger partial charge in [-0.25, -0.2) is 9.79 Å². The second-order valence-corrected chi connectivity index (χ2v) is 10.3. The van der Waals surface area contributed by atoms with Gasteiger partial charge in [-0.2, -0.15) is 0 Å². The molecule has 1 amide bonds. The van der Waals surface area contributed by atoms with Crippen molar-refractivity contribution in [1.82, 2.24) is 10.2 Å². The third-order valence-electron chi connectivity index (χ3n) is 6.80. The Hall–Kier alpha value is -3.72. The minimum atomic E-state index is -0.593. The number of nitrogens with zero attached hydrogens (tertiary/aromatic N) is 2. The molecular formula is C29H31N3O5S. The van der Waals surface area contributed by atoms with E-state index in [1.165, 1.54) is 24.6 Å². The zero-order valence-corrected chi connectivity index (χ0v) is 22.5. The first-order valence-corrected chi connectivity index (χ1v) is 13.5. The Kier molecular flexibility index (Phi) is 7.74. The molecule has 2 aliphatic heterocycles. The number of nitrogens with one attached hydrogen (secondary N) is 1. The highest BCUT2D eigenvalue weighted by molar-refractivity contribution is 8.16. The first-order chi connectivity index (χ1) is 18.5. The number of carbonyl (C=O) groups excluding carboxylic acids is 2. The van der Waals surface area contributed by atoms with E-state index < -0.39 is 12.0 Å². The van der Waals surface area contributed by atoms with E-state index in [0.717, 1.165) is 16.8 Å². The molecule has 1 atom stereocenters. The summed E-state index contributed by atoms with van der Waals surface area (Å²) in [6.07, 6.45) is 2.51. The lowest BCUT2D eigenvalue weighted by Gasteiger charge is -2.36. The molecule has 3 aliphatic rings. The van der Waals surface area contributed by atoms with Gasteiger partial charge in [0.2, 0.25) is 5.91 Å². The van der Waals surface area contributed by atoms with Crippen LogP contribution < -0.4 is 14.8 Å². The van der Waals surface area contributed by atoms with Crippen LogP contribution in [-0.4, -0.2) is 42.7 Å². The van der Waals surface area contributed by atoms with Gasteiger partial charge in [0.25, 0.3) is 0 Å².